The number of halogens is 3. The number of hydrogen-bond donors (Lipinski definition) is 1. The number of alkyl halides is 3. The molecule has 4 rings (SSSR count). The summed E-state index contributed by atoms with van der Waals surface area (Å²) >= 11 is 0. The van der Waals surface area contributed by atoms with Crippen molar-refractivity contribution in [2.24, 2.45) is 0 Å². The number of amides is 2. The first-order valence-corrected chi connectivity index (χ1v) is 10.8. The van der Waals surface area contributed by atoms with Gasteiger partial charge in [-0.25, -0.2) is 4.98 Å². The van der Waals surface area contributed by atoms with Crippen molar-refractivity contribution < 1.29 is 22.8 Å². The zero-order chi connectivity index (χ0) is 22.9. The number of carbonyl (C=O) groups excluding carboxylic acids is 2. The SMILES string of the molecule is CCCCNC(=O)c1cnc2c(c1)CC1CN(C(=O)c3ccccc3C(F)(F)F)CCN21. The fourth-order valence-electron chi connectivity index (χ4n) is 4.35. The molecule has 1 N–H and O–H groups in total. The van der Waals surface area contributed by atoms with Gasteiger partial charge in [-0.1, -0.05) is 25.5 Å². The molecule has 2 aliphatic rings. The first-order valence-electron chi connectivity index (χ1n) is 10.8. The minimum absolute atomic E-state index is 0.0772. The van der Waals surface area contributed by atoms with E-state index in [1.165, 1.54) is 23.1 Å². The molecule has 1 saturated heterocycles. The van der Waals surface area contributed by atoms with Crippen molar-refractivity contribution in [3.8, 4) is 0 Å². The fourth-order valence-corrected chi connectivity index (χ4v) is 4.35. The van der Waals surface area contributed by atoms with Crippen molar-refractivity contribution in [1.82, 2.24) is 15.2 Å². The first-order chi connectivity index (χ1) is 15.3. The van der Waals surface area contributed by atoms with Gasteiger partial charge in [0.1, 0.15) is 5.82 Å². The minimum Gasteiger partial charge on any atom is -0.352 e. The van der Waals surface area contributed by atoms with Gasteiger partial charge in [0, 0.05) is 32.4 Å². The maximum Gasteiger partial charge on any atom is 0.417 e. The van der Waals surface area contributed by atoms with E-state index in [1.54, 1.807) is 6.20 Å². The molecule has 2 amide bonds. The highest BCUT2D eigenvalue weighted by Gasteiger charge is 2.40. The lowest BCUT2D eigenvalue weighted by molar-refractivity contribution is -0.138. The molecule has 3 heterocycles. The second-order valence-electron chi connectivity index (χ2n) is 8.16. The Balaban J connectivity index is 1.47. The average Bonchev–Trinajstić information content (AvgIpc) is 3.15. The molecule has 2 aliphatic heterocycles. The van der Waals surface area contributed by atoms with Crippen LogP contribution in [-0.4, -0.2) is 53.9 Å². The summed E-state index contributed by atoms with van der Waals surface area (Å²) in [5.74, 6) is -0.000404. The molecule has 0 spiro atoms. The Hall–Kier alpha value is -3.10. The lowest BCUT2D eigenvalue weighted by atomic mass is 10.0. The molecule has 1 aromatic heterocycles. The lowest BCUT2D eigenvalue weighted by Gasteiger charge is -2.38. The van der Waals surface area contributed by atoms with E-state index >= 15 is 0 Å². The van der Waals surface area contributed by atoms with Crippen LogP contribution >= 0.6 is 0 Å². The van der Waals surface area contributed by atoms with Crippen LogP contribution < -0.4 is 10.2 Å². The summed E-state index contributed by atoms with van der Waals surface area (Å²) in [6, 6.07) is 6.64. The summed E-state index contributed by atoms with van der Waals surface area (Å²) in [7, 11) is 0. The van der Waals surface area contributed by atoms with Crippen molar-refractivity contribution in [1.29, 1.82) is 0 Å². The normalized spacial score (nSPS) is 17.7. The number of piperazine rings is 1. The summed E-state index contributed by atoms with van der Waals surface area (Å²) < 4.78 is 40.1. The van der Waals surface area contributed by atoms with Crippen LogP contribution in [0.4, 0.5) is 19.0 Å². The Bertz CT molecular complexity index is 1020. The molecular formula is C23H25F3N4O2. The van der Waals surface area contributed by atoms with E-state index in [0.29, 0.717) is 38.2 Å². The van der Waals surface area contributed by atoms with Crippen molar-refractivity contribution in [2.45, 2.75) is 38.4 Å². The van der Waals surface area contributed by atoms with Gasteiger partial charge in [0.2, 0.25) is 0 Å². The molecular weight excluding hydrogens is 421 g/mol. The van der Waals surface area contributed by atoms with Crippen LogP contribution in [0.1, 0.15) is 51.6 Å². The predicted molar refractivity (Wildman–Crippen MR) is 114 cm³/mol. The number of nitrogens with zero attached hydrogens (tertiary/aromatic N) is 3. The third kappa shape index (κ3) is 4.28. The van der Waals surface area contributed by atoms with Gasteiger partial charge in [0.05, 0.1) is 22.7 Å². The predicted octanol–water partition coefficient (Wildman–Crippen LogP) is 3.52. The van der Waals surface area contributed by atoms with Gasteiger partial charge in [0.15, 0.2) is 0 Å². The molecule has 2 aromatic rings. The van der Waals surface area contributed by atoms with E-state index in [4.69, 9.17) is 0 Å². The number of carbonyl (C=O) groups is 2. The Morgan fingerprint density at radius 3 is 2.75 bits per heavy atom. The molecule has 170 valence electrons. The lowest BCUT2D eigenvalue weighted by Crippen LogP contribution is -2.53. The number of fused-ring (bicyclic) bond motifs is 3. The maximum absolute atomic E-state index is 13.4. The topological polar surface area (TPSA) is 65.5 Å². The van der Waals surface area contributed by atoms with Crippen molar-refractivity contribution in [3.63, 3.8) is 0 Å². The van der Waals surface area contributed by atoms with Gasteiger partial charge >= 0.3 is 6.18 Å². The van der Waals surface area contributed by atoms with Crippen LogP contribution in [0.3, 0.4) is 0 Å². The summed E-state index contributed by atoms with van der Waals surface area (Å²) in [6.45, 7) is 3.75. The average molecular weight is 446 g/mol. The number of benzene rings is 1. The maximum atomic E-state index is 13.4. The van der Waals surface area contributed by atoms with E-state index in [1.807, 2.05) is 6.07 Å². The minimum atomic E-state index is -4.59. The van der Waals surface area contributed by atoms with Crippen molar-refractivity contribution in [2.75, 3.05) is 31.1 Å². The summed E-state index contributed by atoms with van der Waals surface area (Å²) in [5, 5.41) is 2.87. The van der Waals surface area contributed by atoms with Gasteiger partial charge in [-0.15, -0.1) is 0 Å². The third-order valence-corrected chi connectivity index (χ3v) is 5.98. The second-order valence-corrected chi connectivity index (χ2v) is 8.16. The summed E-state index contributed by atoms with van der Waals surface area (Å²) in [5.41, 5.74) is 0.172. The van der Waals surface area contributed by atoms with Crippen LogP contribution in [-0.2, 0) is 12.6 Å². The fraction of sp³-hybridized carbons (Fsp3) is 0.435. The number of nitrogens with one attached hydrogen (secondary N) is 1. The molecule has 1 fully saturated rings. The third-order valence-electron chi connectivity index (χ3n) is 5.98. The van der Waals surface area contributed by atoms with Gasteiger partial charge in [-0.3, -0.25) is 9.59 Å². The van der Waals surface area contributed by atoms with Gasteiger partial charge < -0.3 is 15.1 Å². The molecule has 1 atom stereocenters. The quantitative estimate of drug-likeness (QED) is 0.714. The van der Waals surface area contributed by atoms with Crippen LogP contribution in [0.25, 0.3) is 0 Å². The van der Waals surface area contributed by atoms with E-state index in [2.05, 4.69) is 22.1 Å². The number of anilines is 1. The highest BCUT2D eigenvalue weighted by atomic mass is 19.4. The van der Waals surface area contributed by atoms with Crippen LogP contribution in [0, 0.1) is 0 Å². The zero-order valence-corrected chi connectivity index (χ0v) is 17.8. The van der Waals surface area contributed by atoms with E-state index in [-0.39, 0.29) is 17.5 Å². The molecule has 0 saturated carbocycles. The molecule has 32 heavy (non-hydrogen) atoms. The zero-order valence-electron chi connectivity index (χ0n) is 17.8. The smallest absolute Gasteiger partial charge is 0.352 e. The van der Waals surface area contributed by atoms with E-state index < -0.39 is 17.6 Å². The van der Waals surface area contributed by atoms with Crippen molar-refractivity contribution >= 4 is 17.6 Å². The van der Waals surface area contributed by atoms with Gasteiger partial charge in [-0.2, -0.15) is 13.2 Å². The molecule has 0 bridgehead atoms. The molecule has 0 radical (unpaired) electrons. The van der Waals surface area contributed by atoms with Crippen LogP contribution in [0.2, 0.25) is 0 Å². The number of rotatable bonds is 5. The molecule has 9 heteroatoms. The van der Waals surface area contributed by atoms with Crippen molar-refractivity contribution in [3.05, 3.63) is 58.8 Å². The standard InChI is InChI=1S/C23H25F3N4O2/c1-2-3-8-27-21(31)16-11-15-12-17-14-29(9-10-30(17)20(15)28-13-16)22(32)18-6-4-5-7-19(18)23(24,25)26/h4-7,11,13,17H,2-3,8-10,12,14H2,1H3,(H,27,31). The largest absolute Gasteiger partial charge is 0.417 e. The number of unbranched alkanes of at least 4 members (excludes halogenated alkanes) is 1. The Morgan fingerprint density at radius 1 is 1.22 bits per heavy atom. The summed E-state index contributed by atoms with van der Waals surface area (Å²) in [6.07, 6.45) is -0.554. The van der Waals surface area contributed by atoms with Crippen LogP contribution in [0.15, 0.2) is 36.5 Å². The monoisotopic (exact) mass is 446 g/mol. The Morgan fingerprint density at radius 2 is 2.00 bits per heavy atom. The number of hydrogen-bond acceptors (Lipinski definition) is 4. The highest BCUT2D eigenvalue weighted by Crippen LogP contribution is 2.35. The first kappa shape index (κ1) is 22.1. The van der Waals surface area contributed by atoms with E-state index in [9.17, 15) is 22.8 Å². The Kier molecular flexibility index (Phi) is 6.08. The number of pyridine rings is 1. The van der Waals surface area contributed by atoms with Gasteiger partial charge in [-0.05, 0) is 36.6 Å². The van der Waals surface area contributed by atoms with Gasteiger partial charge in [0.25, 0.3) is 11.8 Å². The Labute approximate surface area is 184 Å². The molecule has 1 unspecified atom stereocenters. The van der Waals surface area contributed by atoms with Crippen LogP contribution in [0.5, 0.6) is 0 Å². The van der Waals surface area contributed by atoms with E-state index in [0.717, 1.165) is 30.3 Å². The summed E-state index contributed by atoms with van der Waals surface area (Å²) in [4.78, 5) is 33.3. The molecule has 0 aliphatic carbocycles. The number of aromatic nitrogens is 1. The second kappa shape index (κ2) is 8.80. The molecule has 6 nitrogen and oxygen atoms in total. The highest BCUT2D eigenvalue weighted by molar-refractivity contribution is 5.96. The molecule has 1 aromatic carbocycles.